The molecular formula is C18H22N4O4S2. The van der Waals surface area contributed by atoms with Gasteiger partial charge in [0.1, 0.15) is 0 Å². The minimum Gasteiger partial charge on any atom is -0.416 e. The van der Waals surface area contributed by atoms with Crippen LogP contribution in [0, 0.1) is 0 Å². The van der Waals surface area contributed by atoms with E-state index in [1.807, 2.05) is 18.2 Å². The lowest BCUT2D eigenvalue weighted by Gasteiger charge is -2.34. The minimum atomic E-state index is -3.38. The van der Waals surface area contributed by atoms with Crippen LogP contribution in [0.15, 0.2) is 40.0 Å². The van der Waals surface area contributed by atoms with E-state index < -0.39 is 10.0 Å². The highest BCUT2D eigenvalue weighted by Gasteiger charge is 2.31. The van der Waals surface area contributed by atoms with Crippen LogP contribution in [0.3, 0.4) is 0 Å². The Balaban J connectivity index is 1.25. The molecule has 2 aliphatic rings. The maximum atomic E-state index is 12.6. The summed E-state index contributed by atoms with van der Waals surface area (Å²) in [5.74, 6) is 1.20. The summed E-state index contributed by atoms with van der Waals surface area (Å²) in [5.41, 5.74) is 0.766. The molecule has 1 saturated heterocycles. The van der Waals surface area contributed by atoms with E-state index in [4.69, 9.17) is 4.42 Å². The molecule has 0 bridgehead atoms. The number of carbonyl (C=O) groups is 1. The Kier molecular flexibility index (Phi) is 5.70. The highest BCUT2D eigenvalue weighted by atomic mass is 32.2. The first-order valence-corrected chi connectivity index (χ1v) is 11.9. The smallest absolute Gasteiger partial charge is 0.277 e. The highest BCUT2D eigenvalue weighted by molar-refractivity contribution is 7.99. The molecule has 2 fully saturated rings. The SMILES string of the molecule is O=C(CSc1nnc(C2CC2)o1)N1CCN(S(=O)(=O)Cc2ccccc2)CC1. The third-order valence-electron chi connectivity index (χ3n) is 4.84. The number of hydrogen-bond acceptors (Lipinski definition) is 7. The van der Waals surface area contributed by atoms with Gasteiger partial charge in [-0.05, 0) is 18.4 Å². The third kappa shape index (κ3) is 4.73. The Labute approximate surface area is 168 Å². The van der Waals surface area contributed by atoms with E-state index in [0.717, 1.165) is 18.4 Å². The number of carbonyl (C=O) groups excluding carboxylic acids is 1. The van der Waals surface area contributed by atoms with E-state index in [2.05, 4.69) is 10.2 Å². The van der Waals surface area contributed by atoms with Gasteiger partial charge in [-0.15, -0.1) is 10.2 Å². The molecule has 2 aromatic rings. The number of nitrogens with zero attached hydrogens (tertiary/aromatic N) is 4. The fraction of sp³-hybridized carbons (Fsp3) is 0.500. The Morgan fingerprint density at radius 3 is 2.50 bits per heavy atom. The summed E-state index contributed by atoms with van der Waals surface area (Å²) in [4.78, 5) is 14.1. The van der Waals surface area contributed by atoms with Gasteiger partial charge in [-0.1, -0.05) is 42.1 Å². The molecule has 10 heteroatoms. The number of thioether (sulfide) groups is 1. The predicted octanol–water partition coefficient (Wildman–Crippen LogP) is 1.71. The molecule has 0 spiro atoms. The molecule has 0 radical (unpaired) electrons. The molecule has 1 aromatic carbocycles. The Morgan fingerprint density at radius 1 is 1.11 bits per heavy atom. The summed E-state index contributed by atoms with van der Waals surface area (Å²) >= 11 is 1.23. The van der Waals surface area contributed by atoms with Gasteiger partial charge in [0.25, 0.3) is 5.22 Å². The van der Waals surface area contributed by atoms with Crippen molar-refractivity contribution in [3.8, 4) is 0 Å². The van der Waals surface area contributed by atoms with Crippen LogP contribution in [0.5, 0.6) is 0 Å². The van der Waals surface area contributed by atoms with Gasteiger partial charge >= 0.3 is 0 Å². The zero-order valence-corrected chi connectivity index (χ0v) is 17.0. The van der Waals surface area contributed by atoms with Gasteiger partial charge < -0.3 is 9.32 Å². The molecule has 8 nitrogen and oxygen atoms in total. The van der Waals surface area contributed by atoms with Crippen molar-refractivity contribution < 1.29 is 17.6 Å². The van der Waals surface area contributed by atoms with Crippen molar-refractivity contribution in [1.82, 2.24) is 19.4 Å². The van der Waals surface area contributed by atoms with Crippen LogP contribution in [0.1, 0.15) is 30.2 Å². The monoisotopic (exact) mass is 422 g/mol. The second kappa shape index (κ2) is 8.22. The molecule has 1 amide bonds. The fourth-order valence-electron chi connectivity index (χ4n) is 3.08. The zero-order chi connectivity index (χ0) is 19.6. The molecule has 1 aliphatic heterocycles. The van der Waals surface area contributed by atoms with Crippen molar-refractivity contribution in [2.24, 2.45) is 0 Å². The summed E-state index contributed by atoms with van der Waals surface area (Å²) in [6.07, 6.45) is 2.17. The lowest BCUT2D eigenvalue weighted by Crippen LogP contribution is -2.51. The summed E-state index contributed by atoms with van der Waals surface area (Å²) in [6.45, 7) is 1.42. The predicted molar refractivity (Wildman–Crippen MR) is 104 cm³/mol. The number of rotatable bonds is 7. The molecule has 0 N–H and O–H groups in total. The van der Waals surface area contributed by atoms with E-state index in [1.165, 1.54) is 16.1 Å². The summed E-state index contributed by atoms with van der Waals surface area (Å²) in [6, 6.07) is 9.13. The average Bonchev–Trinajstić information content (AvgIpc) is 3.45. The lowest BCUT2D eigenvalue weighted by molar-refractivity contribution is -0.129. The van der Waals surface area contributed by atoms with E-state index in [1.54, 1.807) is 17.0 Å². The van der Waals surface area contributed by atoms with Crippen molar-refractivity contribution in [3.05, 3.63) is 41.8 Å². The van der Waals surface area contributed by atoms with Crippen molar-refractivity contribution in [1.29, 1.82) is 0 Å². The summed E-state index contributed by atoms with van der Waals surface area (Å²) in [5, 5.41) is 8.39. The Morgan fingerprint density at radius 2 is 1.82 bits per heavy atom. The molecule has 0 unspecified atom stereocenters. The third-order valence-corrected chi connectivity index (χ3v) is 7.50. The largest absolute Gasteiger partial charge is 0.416 e. The first kappa shape index (κ1) is 19.4. The van der Waals surface area contributed by atoms with Crippen LogP contribution in [-0.2, 0) is 20.6 Å². The van der Waals surface area contributed by atoms with Crippen LogP contribution in [-0.4, -0.2) is 65.7 Å². The Bertz CT molecular complexity index is 920. The van der Waals surface area contributed by atoms with Crippen LogP contribution in [0.2, 0.25) is 0 Å². The fourth-order valence-corrected chi connectivity index (χ4v) is 5.27. The van der Waals surface area contributed by atoms with Crippen molar-refractivity contribution in [3.63, 3.8) is 0 Å². The lowest BCUT2D eigenvalue weighted by atomic mass is 10.2. The van der Waals surface area contributed by atoms with Crippen LogP contribution < -0.4 is 0 Å². The number of piperazine rings is 1. The second-order valence-electron chi connectivity index (χ2n) is 6.99. The molecule has 2 heterocycles. The summed E-state index contributed by atoms with van der Waals surface area (Å²) < 4.78 is 32.2. The highest BCUT2D eigenvalue weighted by Crippen LogP contribution is 2.39. The van der Waals surface area contributed by atoms with Gasteiger partial charge in [0.15, 0.2) is 0 Å². The normalized spacial score (nSPS) is 18.4. The topological polar surface area (TPSA) is 96.6 Å². The van der Waals surface area contributed by atoms with E-state index in [0.29, 0.717) is 43.2 Å². The number of sulfonamides is 1. The van der Waals surface area contributed by atoms with Crippen LogP contribution in [0.25, 0.3) is 0 Å². The van der Waals surface area contributed by atoms with Gasteiger partial charge in [0.05, 0.1) is 11.5 Å². The van der Waals surface area contributed by atoms with Gasteiger partial charge in [0, 0.05) is 32.1 Å². The second-order valence-corrected chi connectivity index (χ2v) is 9.89. The van der Waals surface area contributed by atoms with Gasteiger partial charge in [0.2, 0.25) is 21.8 Å². The number of benzene rings is 1. The standard InChI is InChI=1S/C18H22N4O4S2/c23-16(12-27-18-20-19-17(26-18)15-6-7-15)21-8-10-22(11-9-21)28(24,25)13-14-4-2-1-3-5-14/h1-5,15H,6-13H2. The van der Waals surface area contributed by atoms with Gasteiger partial charge in [-0.25, -0.2) is 8.42 Å². The summed E-state index contributed by atoms with van der Waals surface area (Å²) in [7, 11) is -3.38. The molecular weight excluding hydrogens is 400 g/mol. The first-order valence-electron chi connectivity index (χ1n) is 9.27. The number of hydrogen-bond donors (Lipinski definition) is 0. The van der Waals surface area contributed by atoms with Gasteiger partial charge in [-0.2, -0.15) is 4.31 Å². The number of aromatic nitrogens is 2. The quantitative estimate of drug-likeness (QED) is 0.627. The van der Waals surface area contributed by atoms with E-state index >= 15 is 0 Å². The minimum absolute atomic E-state index is 0.0157. The van der Waals surface area contributed by atoms with Gasteiger partial charge in [-0.3, -0.25) is 4.79 Å². The Hall–Kier alpha value is -1.91. The molecule has 4 rings (SSSR count). The van der Waals surface area contributed by atoms with Crippen molar-refractivity contribution in [2.45, 2.75) is 29.7 Å². The molecule has 150 valence electrons. The first-order chi connectivity index (χ1) is 13.5. The molecule has 0 atom stereocenters. The number of amides is 1. The maximum absolute atomic E-state index is 12.6. The maximum Gasteiger partial charge on any atom is 0.277 e. The van der Waals surface area contributed by atoms with Crippen molar-refractivity contribution >= 4 is 27.7 Å². The molecule has 1 aliphatic carbocycles. The molecule has 1 aromatic heterocycles. The van der Waals surface area contributed by atoms with Crippen LogP contribution >= 0.6 is 11.8 Å². The van der Waals surface area contributed by atoms with E-state index in [9.17, 15) is 13.2 Å². The zero-order valence-electron chi connectivity index (χ0n) is 15.4. The average molecular weight is 423 g/mol. The van der Waals surface area contributed by atoms with E-state index in [-0.39, 0.29) is 17.4 Å². The molecule has 1 saturated carbocycles. The van der Waals surface area contributed by atoms with Crippen LogP contribution in [0.4, 0.5) is 0 Å². The van der Waals surface area contributed by atoms with Crippen molar-refractivity contribution in [2.75, 3.05) is 31.9 Å². The molecule has 28 heavy (non-hydrogen) atoms.